The van der Waals surface area contributed by atoms with Crippen molar-refractivity contribution in [3.63, 3.8) is 0 Å². The van der Waals surface area contributed by atoms with Crippen molar-refractivity contribution in [1.29, 1.82) is 0 Å². The fraction of sp³-hybridized carbons (Fsp3) is 0.267. The Morgan fingerprint density at radius 2 is 2.10 bits per heavy atom. The molecule has 1 unspecified atom stereocenters. The summed E-state index contributed by atoms with van der Waals surface area (Å²) in [5.41, 5.74) is 4.18. The number of rotatable bonds is 5. The molecule has 2 aromatic rings. The van der Waals surface area contributed by atoms with E-state index in [4.69, 9.17) is 10.6 Å². The number of pyridine rings is 1. The molecule has 21 heavy (non-hydrogen) atoms. The Morgan fingerprint density at radius 3 is 2.76 bits per heavy atom. The Hall–Kier alpha value is -1.50. The third-order valence-corrected chi connectivity index (χ3v) is 3.74. The van der Waals surface area contributed by atoms with Crippen LogP contribution in [-0.4, -0.2) is 11.1 Å². The molecule has 1 aromatic carbocycles. The molecule has 0 bridgehead atoms. The van der Waals surface area contributed by atoms with Crippen molar-refractivity contribution in [2.45, 2.75) is 26.0 Å². The van der Waals surface area contributed by atoms with Crippen molar-refractivity contribution in [2.24, 2.45) is 5.84 Å². The minimum absolute atomic E-state index is 0.0484. The van der Waals surface area contributed by atoms with Crippen molar-refractivity contribution in [1.82, 2.24) is 10.4 Å². The normalized spacial score (nSPS) is 12.5. The predicted octanol–water partition coefficient (Wildman–Crippen LogP) is 3.32. The minimum Gasteiger partial charge on any atom is -0.489 e. The van der Waals surface area contributed by atoms with Crippen molar-refractivity contribution in [3.8, 4) is 5.75 Å². The largest absolute Gasteiger partial charge is 0.489 e. The van der Waals surface area contributed by atoms with Gasteiger partial charge in [-0.05, 0) is 53.0 Å². The fourth-order valence-electron chi connectivity index (χ4n) is 2.04. The molecule has 1 heterocycles. The second-order valence-electron chi connectivity index (χ2n) is 4.86. The third kappa shape index (κ3) is 3.78. The lowest BCUT2D eigenvalue weighted by Gasteiger charge is -2.19. The lowest BCUT2D eigenvalue weighted by Crippen LogP contribution is -2.29. The summed E-state index contributed by atoms with van der Waals surface area (Å²) >= 11 is 3.26. The molecule has 3 N–H and O–H groups in total. The maximum atomic E-state index is 13.7. The highest BCUT2D eigenvalue weighted by atomic mass is 79.9. The van der Waals surface area contributed by atoms with E-state index in [-0.39, 0.29) is 11.9 Å². The molecule has 1 aromatic heterocycles. The lowest BCUT2D eigenvalue weighted by molar-refractivity contribution is 0.241. The van der Waals surface area contributed by atoms with Crippen LogP contribution in [0.4, 0.5) is 4.39 Å². The molecule has 2 rings (SSSR count). The molecule has 4 nitrogen and oxygen atoms in total. The quantitative estimate of drug-likeness (QED) is 0.639. The van der Waals surface area contributed by atoms with E-state index in [1.165, 1.54) is 6.07 Å². The standard InChI is InChI=1S/C15H17BrFN3O/c1-9(2)21-11-6-10(7-19-8-11)15(20-18)12-4-3-5-13(17)14(12)16/h3-9,15,20H,18H2,1-2H3. The molecule has 0 amide bonds. The van der Waals surface area contributed by atoms with Crippen LogP contribution in [0.1, 0.15) is 31.0 Å². The lowest BCUT2D eigenvalue weighted by atomic mass is 10.0. The van der Waals surface area contributed by atoms with Crippen LogP contribution in [0.2, 0.25) is 0 Å². The highest BCUT2D eigenvalue weighted by molar-refractivity contribution is 9.10. The van der Waals surface area contributed by atoms with E-state index in [0.717, 1.165) is 5.56 Å². The van der Waals surface area contributed by atoms with Gasteiger partial charge >= 0.3 is 0 Å². The van der Waals surface area contributed by atoms with E-state index in [0.29, 0.717) is 15.8 Å². The molecular formula is C15H17BrFN3O. The summed E-state index contributed by atoms with van der Waals surface area (Å²) in [4.78, 5) is 4.15. The summed E-state index contributed by atoms with van der Waals surface area (Å²) in [6.45, 7) is 3.88. The van der Waals surface area contributed by atoms with Crippen LogP contribution in [0.25, 0.3) is 0 Å². The molecule has 0 aliphatic rings. The number of hydrazine groups is 1. The van der Waals surface area contributed by atoms with Gasteiger partial charge in [0, 0.05) is 6.20 Å². The number of nitrogens with zero attached hydrogens (tertiary/aromatic N) is 1. The van der Waals surface area contributed by atoms with E-state index >= 15 is 0 Å². The first-order chi connectivity index (χ1) is 10.0. The van der Waals surface area contributed by atoms with Gasteiger partial charge < -0.3 is 4.74 Å². The molecule has 0 saturated carbocycles. The van der Waals surface area contributed by atoms with E-state index in [1.54, 1.807) is 24.5 Å². The van der Waals surface area contributed by atoms with Gasteiger partial charge in [-0.15, -0.1) is 0 Å². The zero-order valence-electron chi connectivity index (χ0n) is 11.8. The molecule has 0 fully saturated rings. The van der Waals surface area contributed by atoms with Crippen molar-refractivity contribution in [3.05, 3.63) is 58.1 Å². The summed E-state index contributed by atoms with van der Waals surface area (Å²) in [7, 11) is 0. The van der Waals surface area contributed by atoms with Gasteiger partial charge in [0.25, 0.3) is 0 Å². The molecule has 0 aliphatic carbocycles. The third-order valence-electron chi connectivity index (χ3n) is 2.90. The first-order valence-electron chi connectivity index (χ1n) is 6.54. The van der Waals surface area contributed by atoms with Crippen LogP contribution in [0.15, 0.2) is 41.1 Å². The Balaban J connectivity index is 2.39. The topological polar surface area (TPSA) is 60.2 Å². The number of hydrogen-bond donors (Lipinski definition) is 2. The first-order valence-corrected chi connectivity index (χ1v) is 7.34. The number of hydrogen-bond acceptors (Lipinski definition) is 4. The van der Waals surface area contributed by atoms with Gasteiger partial charge in [0.05, 0.1) is 22.8 Å². The Bertz CT molecular complexity index is 622. The van der Waals surface area contributed by atoms with E-state index in [2.05, 4.69) is 26.3 Å². The van der Waals surface area contributed by atoms with Gasteiger partial charge in [-0.3, -0.25) is 10.8 Å². The molecule has 6 heteroatoms. The van der Waals surface area contributed by atoms with Crippen molar-refractivity contribution < 1.29 is 9.13 Å². The number of aromatic nitrogens is 1. The Morgan fingerprint density at radius 1 is 1.33 bits per heavy atom. The smallest absolute Gasteiger partial charge is 0.138 e. The number of nitrogens with two attached hydrogens (primary N) is 1. The maximum Gasteiger partial charge on any atom is 0.138 e. The second-order valence-corrected chi connectivity index (χ2v) is 5.66. The van der Waals surface area contributed by atoms with Crippen LogP contribution >= 0.6 is 15.9 Å². The Kier molecular flexibility index (Phi) is 5.27. The van der Waals surface area contributed by atoms with E-state index < -0.39 is 6.04 Å². The van der Waals surface area contributed by atoms with Crippen molar-refractivity contribution >= 4 is 15.9 Å². The number of halogens is 2. The number of benzene rings is 1. The molecule has 0 aliphatic heterocycles. The van der Waals surface area contributed by atoms with Gasteiger partial charge in [0.2, 0.25) is 0 Å². The van der Waals surface area contributed by atoms with Gasteiger partial charge in [-0.1, -0.05) is 12.1 Å². The van der Waals surface area contributed by atoms with Gasteiger partial charge in [0.15, 0.2) is 0 Å². The van der Waals surface area contributed by atoms with Crippen LogP contribution < -0.4 is 16.0 Å². The van der Waals surface area contributed by atoms with Crippen molar-refractivity contribution in [2.75, 3.05) is 0 Å². The predicted molar refractivity (Wildman–Crippen MR) is 83.3 cm³/mol. The highest BCUT2D eigenvalue weighted by Crippen LogP contribution is 2.31. The summed E-state index contributed by atoms with van der Waals surface area (Å²) in [6, 6.07) is 6.28. The van der Waals surface area contributed by atoms with E-state index in [9.17, 15) is 4.39 Å². The van der Waals surface area contributed by atoms with Crippen LogP contribution in [0.5, 0.6) is 5.75 Å². The second kappa shape index (κ2) is 6.98. The van der Waals surface area contributed by atoms with Gasteiger partial charge in [0.1, 0.15) is 11.6 Å². The van der Waals surface area contributed by atoms with Gasteiger partial charge in [-0.2, -0.15) is 0 Å². The molecular weight excluding hydrogens is 337 g/mol. The number of nitrogens with one attached hydrogen (secondary N) is 1. The zero-order valence-corrected chi connectivity index (χ0v) is 13.4. The highest BCUT2D eigenvalue weighted by Gasteiger charge is 2.18. The van der Waals surface area contributed by atoms with Crippen LogP contribution in [-0.2, 0) is 0 Å². The zero-order chi connectivity index (χ0) is 15.4. The minimum atomic E-state index is -0.390. The molecule has 0 radical (unpaired) electrons. The fourth-order valence-corrected chi connectivity index (χ4v) is 2.53. The maximum absolute atomic E-state index is 13.7. The average Bonchev–Trinajstić information content (AvgIpc) is 2.44. The average molecular weight is 354 g/mol. The molecule has 112 valence electrons. The molecule has 0 saturated heterocycles. The molecule has 1 atom stereocenters. The SMILES string of the molecule is CC(C)Oc1cncc(C(NN)c2cccc(F)c2Br)c1. The first kappa shape index (κ1) is 15.9. The number of ether oxygens (including phenoxy) is 1. The van der Waals surface area contributed by atoms with E-state index in [1.807, 2.05) is 19.9 Å². The van der Waals surface area contributed by atoms with Crippen LogP contribution in [0, 0.1) is 5.82 Å². The molecule has 0 spiro atoms. The summed E-state index contributed by atoms with van der Waals surface area (Å²) in [6.07, 6.45) is 3.36. The summed E-state index contributed by atoms with van der Waals surface area (Å²) in [5.74, 6) is 5.96. The summed E-state index contributed by atoms with van der Waals surface area (Å²) < 4.78 is 19.7. The monoisotopic (exact) mass is 353 g/mol. The van der Waals surface area contributed by atoms with Crippen LogP contribution in [0.3, 0.4) is 0 Å². The summed E-state index contributed by atoms with van der Waals surface area (Å²) in [5, 5.41) is 0. The Labute approximate surface area is 131 Å². The van der Waals surface area contributed by atoms with Gasteiger partial charge in [-0.25, -0.2) is 9.82 Å².